The smallest absolute Gasteiger partial charge is 0.0215 e. The zero-order valence-corrected chi connectivity index (χ0v) is 37.2. The van der Waals surface area contributed by atoms with Gasteiger partial charge < -0.3 is 0 Å². The van der Waals surface area contributed by atoms with Crippen molar-refractivity contribution in [1.29, 1.82) is 0 Å². The average molecular weight is 873 g/mol. The van der Waals surface area contributed by atoms with Gasteiger partial charge in [0.25, 0.3) is 0 Å². The van der Waals surface area contributed by atoms with E-state index in [2.05, 4.69) is 13.8 Å². The molecule has 0 aliphatic heterocycles. The van der Waals surface area contributed by atoms with E-state index in [-0.39, 0.29) is 10.8 Å². The molecule has 0 heterocycles. The van der Waals surface area contributed by atoms with E-state index in [9.17, 15) is 0 Å². The summed E-state index contributed by atoms with van der Waals surface area (Å²) in [6, 6.07) is 0. The van der Waals surface area contributed by atoms with Gasteiger partial charge in [0.05, 0.1) is 0 Å². The van der Waals surface area contributed by atoms with Crippen molar-refractivity contribution in [3.05, 3.63) is 33.4 Å². The summed E-state index contributed by atoms with van der Waals surface area (Å²) in [5.74, 6) is 0.715. The summed E-state index contributed by atoms with van der Waals surface area (Å²) in [5.41, 5.74) is 10.7. The van der Waals surface area contributed by atoms with Gasteiger partial charge in [-0.2, -0.15) is 0 Å². The van der Waals surface area contributed by atoms with E-state index in [1.807, 2.05) is 22.3 Å². The van der Waals surface area contributed by atoms with Gasteiger partial charge in [-0.3, -0.25) is 0 Å². The number of hydrogen-bond acceptors (Lipinski definition) is 0. The van der Waals surface area contributed by atoms with Crippen molar-refractivity contribution in [3.8, 4) is 0 Å². The van der Waals surface area contributed by atoms with E-state index < -0.39 is 0 Å². The first-order valence-corrected chi connectivity index (χ1v) is 27.5. The van der Waals surface area contributed by atoms with Gasteiger partial charge >= 0.3 is 0 Å². The van der Waals surface area contributed by atoms with Crippen LogP contribution in [0.3, 0.4) is 0 Å². The quantitative estimate of drug-likeness (QED) is 0.105. The third-order valence-corrected chi connectivity index (χ3v) is 28.6. The number of benzene rings is 21. The van der Waals surface area contributed by atoms with Crippen molar-refractivity contribution in [2.45, 2.75) is 36.5 Å². The van der Waals surface area contributed by atoms with Gasteiger partial charge in [0.2, 0.25) is 0 Å². The van der Waals surface area contributed by atoms with Crippen LogP contribution in [0.1, 0.15) is 59.1 Å². The summed E-state index contributed by atoms with van der Waals surface area (Å²) >= 11 is 0. The molecule has 0 N–H and O–H groups in total. The van der Waals surface area contributed by atoms with E-state index in [4.69, 9.17) is 0 Å². The Hall–Kier alpha value is -8.58. The number of rotatable bonds is 0. The maximum Gasteiger partial charge on any atom is 0.0215 e. The van der Waals surface area contributed by atoms with Crippen LogP contribution in [0.25, 0.3) is 323 Å². The second-order valence-corrected chi connectivity index (χ2v) is 28.2. The first-order valence-electron chi connectivity index (χ1n) is 27.5. The standard InChI is InChI=1S/C72H8/c1-71-67-59-51-40-29-19-9-4-3-5-7-6(4)13-17-18-14(7)22-20-10(5)16-12-8(3)11-15(9)25(29)36-31-23(11)24(12)32-37-26(16)30(20)41-43-34(22)39-28(18)35-27(17)38-33(21(13)19)42(40)55-48(38)57-50(35)58-49(39)56(43)64-60-52(41)47(37)54-45(32)44(31)53(46(36)51)61(67)62(54)68(60)72(71,2)70(64)66(58)65(57)69(71)63(55)59/h69-70H,1-2H3/t69?,70?,71-,72+. The van der Waals surface area contributed by atoms with Crippen molar-refractivity contribution in [3.63, 3.8) is 0 Å². The second kappa shape index (κ2) is 5.47. The minimum atomic E-state index is -0.0960. The molecule has 0 saturated heterocycles. The predicted molar refractivity (Wildman–Crippen MR) is 306 cm³/mol. The molecule has 4 atom stereocenters. The fourth-order valence-corrected chi connectivity index (χ4v) is 28.5. The molecule has 6 aliphatic carbocycles. The molecule has 0 fully saturated rings. The van der Waals surface area contributed by atoms with E-state index in [1.165, 1.54) is 0 Å². The Bertz CT molecular complexity index is 7840. The summed E-state index contributed by atoms with van der Waals surface area (Å²) in [5, 5.41) is 102. The van der Waals surface area contributed by atoms with Crippen molar-refractivity contribution >= 4 is 323 Å². The molecule has 0 nitrogen and oxygen atoms in total. The van der Waals surface area contributed by atoms with Gasteiger partial charge in [0.1, 0.15) is 0 Å². The molecule has 0 bridgehead atoms. The lowest BCUT2D eigenvalue weighted by Gasteiger charge is -2.58. The van der Waals surface area contributed by atoms with Crippen molar-refractivity contribution in [1.82, 2.24) is 0 Å². The molecule has 0 saturated carbocycles. The van der Waals surface area contributed by atoms with Crippen LogP contribution in [0, 0.1) is 0 Å². The van der Waals surface area contributed by atoms with Crippen molar-refractivity contribution < 1.29 is 0 Å². The maximum absolute atomic E-state index is 2.93. The Morgan fingerprint density at radius 1 is 0.139 bits per heavy atom. The van der Waals surface area contributed by atoms with Gasteiger partial charge in [-0.15, -0.1) is 0 Å². The third-order valence-electron chi connectivity index (χ3n) is 28.6. The summed E-state index contributed by atoms with van der Waals surface area (Å²) in [7, 11) is 0. The van der Waals surface area contributed by atoms with Crippen molar-refractivity contribution in [2.75, 3.05) is 0 Å². The number of hydrogen-bond donors (Lipinski definition) is 0. The van der Waals surface area contributed by atoms with Crippen LogP contribution in [-0.2, 0) is 10.8 Å². The highest BCUT2D eigenvalue weighted by molar-refractivity contribution is 6.82. The molecule has 2 unspecified atom stereocenters. The first kappa shape index (κ1) is 25.5. The molecular formula is C72H8. The first-order chi connectivity index (χ1) is 35.7. The second-order valence-electron chi connectivity index (χ2n) is 28.2. The highest BCUT2D eigenvalue weighted by Gasteiger charge is 2.72. The Morgan fingerprint density at radius 3 is 0.458 bits per heavy atom. The minimum Gasteiger partial charge on any atom is -0.0537 e. The van der Waals surface area contributed by atoms with Gasteiger partial charge in [-0.1, -0.05) is 13.8 Å². The van der Waals surface area contributed by atoms with Gasteiger partial charge in [0.15, 0.2) is 0 Å². The monoisotopic (exact) mass is 872 g/mol. The SMILES string of the molecule is C[C@@]12c3c4c5c6c7c8c(c9c%10c%11c%12c%13c%14c(c%15c3c3c%16c4c4c6c6c7c7c(c8%10)c8c%11c%10c%12c%11c%14c%12c%15c%14c3c3c%16c%15c4c4c6c6c7c8c7c%10c8c%11c%10c%12c%14c%11c3c3c%15c4c4c6c7c6c8c%10c%11c3c46)[C@]1(C)C9%13)C52. The summed E-state index contributed by atoms with van der Waals surface area (Å²) in [6.07, 6.45) is 0. The fourth-order valence-electron chi connectivity index (χ4n) is 28.5. The highest BCUT2D eigenvalue weighted by atomic mass is 14.7. The van der Waals surface area contributed by atoms with Crippen molar-refractivity contribution in [2.24, 2.45) is 0 Å². The van der Waals surface area contributed by atoms with E-state index in [0.29, 0.717) is 11.8 Å². The zero-order chi connectivity index (χ0) is 42.3. The van der Waals surface area contributed by atoms with Crippen LogP contribution < -0.4 is 0 Å². The minimum absolute atomic E-state index is 0.0960. The molecule has 296 valence electrons. The molecule has 6 aliphatic rings. The molecule has 72 heavy (non-hydrogen) atoms. The summed E-state index contributed by atoms with van der Waals surface area (Å²) in [6.45, 7) is 5.86. The molecule has 0 spiro atoms. The predicted octanol–water partition coefficient (Wildman–Crippen LogP) is 19.9. The van der Waals surface area contributed by atoms with Crippen LogP contribution in [-0.4, -0.2) is 0 Å². The normalized spacial score (nSPS) is 24.9. The Labute approximate surface area is 390 Å². The van der Waals surface area contributed by atoms with E-state index in [1.54, 1.807) is 334 Å². The average Bonchev–Trinajstić information content (AvgIpc) is 4.42. The zero-order valence-electron chi connectivity index (χ0n) is 37.2. The van der Waals surface area contributed by atoms with E-state index in [0.717, 1.165) is 0 Å². The molecule has 31 aromatic carbocycles. The largest absolute Gasteiger partial charge is 0.0537 e. The van der Waals surface area contributed by atoms with E-state index >= 15 is 0 Å². The molecule has 0 amide bonds. The molecular weight excluding hydrogens is 865 g/mol. The van der Waals surface area contributed by atoms with Gasteiger partial charge in [-0.05, 0) is 357 Å². The fraction of sp³-hybridized carbons (Fsp3) is 0.0833. The lowest BCUT2D eigenvalue weighted by Crippen LogP contribution is -2.54. The van der Waals surface area contributed by atoms with Gasteiger partial charge in [0, 0.05) is 22.7 Å². The summed E-state index contributed by atoms with van der Waals surface area (Å²) in [4.78, 5) is 0. The third kappa shape index (κ3) is 1.24. The Morgan fingerprint density at radius 2 is 0.264 bits per heavy atom. The highest BCUT2D eigenvalue weighted by Crippen LogP contribution is 2.87. The molecule has 31 aromatic rings. The Balaban J connectivity index is 1.22. The van der Waals surface area contributed by atoms with Gasteiger partial charge in [-0.25, -0.2) is 0 Å². The summed E-state index contributed by atoms with van der Waals surface area (Å²) < 4.78 is 0. The van der Waals surface area contributed by atoms with Crippen LogP contribution in [0.4, 0.5) is 0 Å². The topological polar surface area (TPSA) is 0 Å². The van der Waals surface area contributed by atoms with Crippen LogP contribution in [0.2, 0.25) is 0 Å². The maximum atomic E-state index is 2.93. The molecule has 0 radical (unpaired) electrons. The molecule has 0 aromatic heterocycles. The lowest BCUT2D eigenvalue weighted by molar-refractivity contribution is 0.203. The Kier molecular flexibility index (Phi) is 1.94. The molecule has 37 rings (SSSR count). The van der Waals surface area contributed by atoms with Crippen LogP contribution >= 0.6 is 0 Å². The lowest BCUT2D eigenvalue weighted by atomic mass is 9.43. The molecule has 0 heteroatoms. The van der Waals surface area contributed by atoms with Crippen LogP contribution in [0.5, 0.6) is 0 Å². The van der Waals surface area contributed by atoms with Crippen LogP contribution in [0.15, 0.2) is 0 Å².